The highest BCUT2D eigenvalue weighted by molar-refractivity contribution is 6.13. The maximum atomic E-state index is 13.2. The second-order valence-corrected chi connectivity index (χ2v) is 6.62. The van der Waals surface area contributed by atoms with Crippen molar-refractivity contribution in [1.82, 2.24) is 9.88 Å². The van der Waals surface area contributed by atoms with Gasteiger partial charge in [-0.3, -0.25) is 14.6 Å². The van der Waals surface area contributed by atoms with E-state index in [1.165, 1.54) is 29.2 Å². The molecule has 0 spiro atoms. The smallest absolute Gasteiger partial charge is 0.332 e. The lowest BCUT2D eigenvalue weighted by Crippen LogP contribution is -2.33. The van der Waals surface area contributed by atoms with Crippen molar-refractivity contribution in [2.24, 2.45) is 0 Å². The summed E-state index contributed by atoms with van der Waals surface area (Å²) in [5, 5.41) is 0. The predicted molar refractivity (Wildman–Crippen MR) is 101 cm³/mol. The van der Waals surface area contributed by atoms with E-state index >= 15 is 0 Å². The maximum Gasteiger partial charge on any atom is 0.332 e. The van der Waals surface area contributed by atoms with Crippen molar-refractivity contribution >= 4 is 17.6 Å². The number of amides is 3. The number of halogens is 1. The van der Waals surface area contributed by atoms with Gasteiger partial charge in [-0.1, -0.05) is 18.2 Å². The van der Waals surface area contributed by atoms with Gasteiger partial charge < -0.3 is 4.42 Å². The molecule has 7 heteroatoms. The topological polar surface area (TPSA) is 66.7 Å². The number of aromatic nitrogens is 1. The van der Waals surface area contributed by atoms with Crippen LogP contribution in [0.15, 0.2) is 59.0 Å². The fraction of sp³-hybridized carbons (Fsp3) is 0.190. The summed E-state index contributed by atoms with van der Waals surface area (Å²) in [5.74, 6) is 0.249. The maximum absolute atomic E-state index is 13.2. The minimum atomic E-state index is -0.682. The van der Waals surface area contributed by atoms with Crippen LogP contribution in [0.25, 0.3) is 11.5 Å². The fourth-order valence-electron chi connectivity index (χ4n) is 3.24. The number of anilines is 1. The molecule has 0 aliphatic carbocycles. The largest absolute Gasteiger partial charge is 0.441 e. The Hall–Kier alpha value is -3.48. The van der Waals surface area contributed by atoms with E-state index in [4.69, 9.17) is 4.42 Å². The number of urea groups is 1. The molecule has 4 rings (SSSR count). The lowest BCUT2D eigenvalue weighted by Gasteiger charge is -2.19. The minimum Gasteiger partial charge on any atom is -0.441 e. The van der Waals surface area contributed by atoms with Gasteiger partial charge in [-0.2, -0.15) is 0 Å². The SMILES string of the molecule is Cc1oc(-c2ccccc2)nc1CN1C(=O)C(C)N(c2ccc(F)cc2)C1=O. The third-order valence-corrected chi connectivity index (χ3v) is 4.77. The first-order valence-corrected chi connectivity index (χ1v) is 8.87. The van der Waals surface area contributed by atoms with Gasteiger partial charge in [0.05, 0.1) is 6.54 Å². The zero-order chi connectivity index (χ0) is 19.8. The summed E-state index contributed by atoms with van der Waals surface area (Å²) in [6.07, 6.45) is 0. The summed E-state index contributed by atoms with van der Waals surface area (Å²) in [6, 6.07) is 13.7. The van der Waals surface area contributed by atoms with Crippen molar-refractivity contribution in [2.45, 2.75) is 26.4 Å². The van der Waals surface area contributed by atoms with Crippen LogP contribution in [0.5, 0.6) is 0 Å². The van der Waals surface area contributed by atoms with Crippen LogP contribution >= 0.6 is 0 Å². The molecule has 28 heavy (non-hydrogen) atoms. The van der Waals surface area contributed by atoms with Crippen LogP contribution in [0.1, 0.15) is 18.4 Å². The Morgan fingerprint density at radius 1 is 1.07 bits per heavy atom. The molecule has 2 aromatic carbocycles. The summed E-state index contributed by atoms with van der Waals surface area (Å²) in [7, 11) is 0. The molecule has 1 aliphatic heterocycles. The third-order valence-electron chi connectivity index (χ3n) is 4.77. The van der Waals surface area contributed by atoms with Crippen LogP contribution in [0.2, 0.25) is 0 Å². The van der Waals surface area contributed by atoms with E-state index in [1.807, 2.05) is 30.3 Å². The van der Waals surface area contributed by atoms with Crippen molar-refractivity contribution in [3.05, 3.63) is 71.9 Å². The lowest BCUT2D eigenvalue weighted by atomic mass is 10.2. The third kappa shape index (κ3) is 3.05. The number of hydrogen-bond donors (Lipinski definition) is 0. The van der Waals surface area contributed by atoms with E-state index in [-0.39, 0.29) is 12.5 Å². The van der Waals surface area contributed by atoms with Crippen molar-refractivity contribution in [2.75, 3.05) is 4.90 Å². The van der Waals surface area contributed by atoms with E-state index < -0.39 is 17.9 Å². The highest BCUT2D eigenvalue weighted by atomic mass is 19.1. The Morgan fingerprint density at radius 2 is 1.75 bits per heavy atom. The van der Waals surface area contributed by atoms with E-state index in [9.17, 15) is 14.0 Å². The van der Waals surface area contributed by atoms with Crippen LogP contribution in [0.3, 0.4) is 0 Å². The van der Waals surface area contributed by atoms with Gasteiger partial charge in [-0.05, 0) is 50.2 Å². The molecule has 1 atom stereocenters. The second-order valence-electron chi connectivity index (χ2n) is 6.62. The van der Waals surface area contributed by atoms with Crippen LogP contribution in [0, 0.1) is 12.7 Å². The summed E-state index contributed by atoms with van der Waals surface area (Å²) in [6.45, 7) is 3.41. The van der Waals surface area contributed by atoms with Gasteiger partial charge in [-0.15, -0.1) is 0 Å². The molecule has 1 fully saturated rings. The molecule has 0 saturated carbocycles. The highest BCUT2D eigenvalue weighted by Crippen LogP contribution is 2.28. The molecule has 3 aromatic rings. The molecule has 3 amide bonds. The number of benzene rings is 2. The number of rotatable bonds is 4. The van der Waals surface area contributed by atoms with Crippen LogP contribution in [-0.2, 0) is 11.3 Å². The monoisotopic (exact) mass is 379 g/mol. The van der Waals surface area contributed by atoms with E-state index in [1.54, 1.807) is 13.8 Å². The number of carbonyl (C=O) groups is 2. The molecule has 1 unspecified atom stereocenters. The van der Waals surface area contributed by atoms with Crippen LogP contribution in [0.4, 0.5) is 14.9 Å². The van der Waals surface area contributed by atoms with Crippen molar-refractivity contribution in [3.8, 4) is 11.5 Å². The number of oxazole rings is 1. The minimum absolute atomic E-state index is 0.0157. The van der Waals surface area contributed by atoms with Gasteiger partial charge in [0, 0.05) is 11.3 Å². The lowest BCUT2D eigenvalue weighted by molar-refractivity contribution is -0.127. The number of imide groups is 1. The Balaban J connectivity index is 1.60. The molecule has 142 valence electrons. The molecule has 0 radical (unpaired) electrons. The molecular weight excluding hydrogens is 361 g/mol. The molecule has 0 N–H and O–H groups in total. The number of aryl methyl sites for hydroxylation is 1. The molecule has 6 nitrogen and oxygen atoms in total. The second kappa shape index (κ2) is 6.92. The number of carbonyl (C=O) groups excluding carboxylic acids is 2. The quantitative estimate of drug-likeness (QED) is 0.639. The van der Waals surface area contributed by atoms with Crippen molar-refractivity contribution < 1.29 is 18.4 Å². The van der Waals surface area contributed by atoms with Gasteiger partial charge in [0.1, 0.15) is 23.3 Å². The van der Waals surface area contributed by atoms with E-state index in [2.05, 4.69) is 4.98 Å². The summed E-state index contributed by atoms with van der Waals surface area (Å²) < 4.78 is 18.9. The van der Waals surface area contributed by atoms with Crippen molar-refractivity contribution in [3.63, 3.8) is 0 Å². The van der Waals surface area contributed by atoms with Gasteiger partial charge >= 0.3 is 6.03 Å². The van der Waals surface area contributed by atoms with Crippen molar-refractivity contribution in [1.29, 1.82) is 0 Å². The van der Waals surface area contributed by atoms with E-state index in [0.717, 1.165) is 10.5 Å². The molecule has 1 aromatic heterocycles. The first-order valence-electron chi connectivity index (χ1n) is 8.87. The molecule has 1 aliphatic rings. The summed E-state index contributed by atoms with van der Waals surface area (Å²) in [4.78, 5) is 32.5. The Morgan fingerprint density at radius 3 is 2.43 bits per heavy atom. The normalized spacial score (nSPS) is 16.9. The first-order chi connectivity index (χ1) is 13.5. The van der Waals surface area contributed by atoms with Gasteiger partial charge in [0.2, 0.25) is 5.89 Å². The Kier molecular flexibility index (Phi) is 4.43. The summed E-state index contributed by atoms with van der Waals surface area (Å²) >= 11 is 0. The molecule has 1 saturated heterocycles. The number of hydrogen-bond acceptors (Lipinski definition) is 4. The van der Waals surface area contributed by atoms with E-state index in [0.29, 0.717) is 23.0 Å². The van der Waals surface area contributed by atoms with Crippen LogP contribution < -0.4 is 4.90 Å². The Bertz CT molecular complexity index is 1030. The number of nitrogens with zero attached hydrogens (tertiary/aromatic N) is 3. The van der Waals surface area contributed by atoms with Gasteiger partial charge in [0.25, 0.3) is 5.91 Å². The first kappa shape index (κ1) is 17.9. The average molecular weight is 379 g/mol. The summed E-state index contributed by atoms with van der Waals surface area (Å²) in [5.41, 5.74) is 1.81. The van der Waals surface area contributed by atoms with Crippen LogP contribution in [-0.4, -0.2) is 27.9 Å². The van der Waals surface area contributed by atoms with Gasteiger partial charge in [-0.25, -0.2) is 14.2 Å². The predicted octanol–water partition coefficient (Wildman–Crippen LogP) is 4.15. The highest BCUT2D eigenvalue weighted by Gasteiger charge is 2.43. The Labute approximate surface area is 161 Å². The van der Waals surface area contributed by atoms with Gasteiger partial charge in [0.15, 0.2) is 0 Å². The molecule has 2 heterocycles. The molecule has 0 bridgehead atoms. The molecular formula is C21H18FN3O3. The standard InChI is InChI=1S/C21H18FN3O3/c1-13-20(26)24(21(27)25(13)17-10-8-16(22)9-11-17)12-18-14(2)28-19(23-18)15-6-4-3-5-7-15/h3-11,13H,12H2,1-2H3. The zero-order valence-corrected chi connectivity index (χ0v) is 15.4. The zero-order valence-electron chi connectivity index (χ0n) is 15.4. The fourth-order valence-corrected chi connectivity index (χ4v) is 3.24. The average Bonchev–Trinajstić information content (AvgIpc) is 3.17.